The maximum absolute atomic E-state index is 7.38. The molecule has 0 fully saturated rings. The van der Waals surface area contributed by atoms with Crippen LogP contribution in [0, 0.1) is 13.8 Å². The van der Waals surface area contributed by atoms with Crippen LogP contribution in [0.25, 0.3) is 121 Å². The minimum Gasteiger partial charge on any atom is -0.453 e. The Morgan fingerprint density at radius 3 is 1.22 bits per heavy atom. The molecule has 0 bridgehead atoms. The molecule has 0 saturated carbocycles. The van der Waals surface area contributed by atoms with Gasteiger partial charge in [-0.15, -0.1) is 0 Å². The molecule has 17 aromatic rings. The summed E-state index contributed by atoms with van der Waals surface area (Å²) in [6.07, 6.45) is 0. The molecule has 0 saturated heterocycles. The molecule has 2 heterocycles. The van der Waals surface area contributed by atoms with E-state index in [0.29, 0.717) is 0 Å². The van der Waals surface area contributed by atoms with E-state index in [9.17, 15) is 0 Å². The zero-order valence-electron chi connectivity index (χ0n) is 50.1. The van der Waals surface area contributed by atoms with Crippen molar-refractivity contribution >= 4 is 110 Å². The lowest BCUT2D eigenvalue weighted by molar-refractivity contribution is 0.670. The van der Waals surface area contributed by atoms with E-state index in [1.807, 2.05) is 0 Å². The van der Waals surface area contributed by atoms with Crippen molar-refractivity contribution in [2.24, 2.45) is 0 Å². The molecule has 0 unspecified atom stereocenters. The number of hydrogen-bond acceptors (Lipinski definition) is 4. The average molecular weight is 1160 g/mol. The standard InChI is InChI=1S/C87H56N2O2/c1-53-25-9-11-31-58(53)67-39-21-41-69-71-43-23-47-77(85(71)90-83(67)69)88(55-27-5-3-6-28-55)57-49-50-66-73(51-57)60-33-13-15-37-64(60)81-80-65-38-16-14-36-63(65)79(52-76(80)87(82(66)81)74-45-19-17-34-61(74)62-35-18-20-46-75(62)87)89(56-29-7-4-8-30-56)78-48-24-44-72-70-42-22-40-68(84(70)91-86(72)78)59-32-12-10-26-54(59)2/h3-52H,1-2H3. The number of nitrogens with zero attached hydrogens (tertiary/aromatic N) is 2. The third kappa shape index (κ3) is 7.21. The number of hydrogen-bond donors (Lipinski definition) is 0. The van der Waals surface area contributed by atoms with Gasteiger partial charge in [-0.2, -0.15) is 0 Å². The van der Waals surface area contributed by atoms with Gasteiger partial charge in [0.1, 0.15) is 11.2 Å². The molecule has 0 atom stereocenters. The summed E-state index contributed by atoms with van der Waals surface area (Å²) in [6, 6.07) is 112. The molecule has 2 aliphatic rings. The summed E-state index contributed by atoms with van der Waals surface area (Å²) in [5.41, 5.74) is 25.8. The minimum absolute atomic E-state index is 0.760. The molecule has 15 aromatic carbocycles. The van der Waals surface area contributed by atoms with Gasteiger partial charge in [0, 0.05) is 55.1 Å². The molecule has 19 rings (SSSR count). The van der Waals surface area contributed by atoms with Gasteiger partial charge in [0.05, 0.1) is 22.5 Å². The van der Waals surface area contributed by atoms with Gasteiger partial charge in [-0.3, -0.25) is 0 Å². The van der Waals surface area contributed by atoms with E-state index < -0.39 is 5.41 Å². The quantitative estimate of drug-likeness (QED) is 0.142. The summed E-state index contributed by atoms with van der Waals surface area (Å²) < 4.78 is 14.6. The third-order valence-corrected chi connectivity index (χ3v) is 19.9. The molecule has 0 amide bonds. The van der Waals surface area contributed by atoms with Gasteiger partial charge in [0.15, 0.2) is 11.2 Å². The lowest BCUT2D eigenvalue weighted by atomic mass is 9.69. The minimum atomic E-state index is -0.760. The Labute approximate surface area is 526 Å². The summed E-state index contributed by atoms with van der Waals surface area (Å²) >= 11 is 0. The van der Waals surface area contributed by atoms with E-state index in [-0.39, 0.29) is 0 Å². The predicted octanol–water partition coefficient (Wildman–Crippen LogP) is 24.2. The first-order valence-corrected chi connectivity index (χ1v) is 31.5. The number of rotatable bonds is 8. The van der Waals surface area contributed by atoms with Crippen LogP contribution in [0.4, 0.5) is 34.1 Å². The van der Waals surface area contributed by atoms with Crippen molar-refractivity contribution in [1.29, 1.82) is 0 Å². The number of para-hydroxylation sites is 6. The lowest BCUT2D eigenvalue weighted by Gasteiger charge is -2.34. The van der Waals surface area contributed by atoms with Crippen LogP contribution in [0.15, 0.2) is 312 Å². The van der Waals surface area contributed by atoms with Crippen LogP contribution in [0.5, 0.6) is 0 Å². The van der Waals surface area contributed by atoms with Gasteiger partial charge in [0.25, 0.3) is 0 Å². The van der Waals surface area contributed by atoms with Crippen molar-refractivity contribution < 1.29 is 8.83 Å². The molecule has 91 heavy (non-hydrogen) atoms. The highest BCUT2D eigenvalue weighted by Crippen LogP contribution is 2.68. The number of benzene rings is 15. The summed E-state index contributed by atoms with van der Waals surface area (Å²) in [4.78, 5) is 4.87. The fraction of sp³-hybridized carbons (Fsp3) is 0.0345. The maximum atomic E-state index is 7.38. The van der Waals surface area contributed by atoms with Crippen LogP contribution in [-0.2, 0) is 5.41 Å². The third-order valence-electron chi connectivity index (χ3n) is 19.9. The first kappa shape index (κ1) is 51.3. The SMILES string of the molecule is Cc1ccccc1-c1cccc2c1oc1c(N(c3ccccc3)c3ccc4c5c(c6ccccc6c4c3)-c3c(cc(N(c4ccccc4)c4cccc6c4oc4c(-c7ccccc7C)cccc46)c4ccccc34)C53c4ccccc4-c4ccccc43)cccc12. The Morgan fingerprint density at radius 1 is 0.242 bits per heavy atom. The Kier molecular flexibility index (Phi) is 11.1. The number of anilines is 6. The van der Waals surface area contributed by atoms with Crippen LogP contribution >= 0.6 is 0 Å². The highest BCUT2D eigenvalue weighted by Gasteiger charge is 2.54. The molecular formula is C87H56N2O2. The van der Waals surface area contributed by atoms with Gasteiger partial charge in [-0.05, 0) is 162 Å². The average Bonchev–Trinajstić information content (AvgIpc) is 1.49. The molecule has 0 radical (unpaired) electrons. The van der Waals surface area contributed by atoms with E-state index >= 15 is 0 Å². The van der Waals surface area contributed by atoms with Gasteiger partial charge in [0.2, 0.25) is 0 Å². The Bertz CT molecular complexity index is 5850. The van der Waals surface area contributed by atoms with Gasteiger partial charge < -0.3 is 18.6 Å². The predicted molar refractivity (Wildman–Crippen MR) is 380 cm³/mol. The van der Waals surface area contributed by atoms with Gasteiger partial charge in [-0.25, -0.2) is 0 Å². The monoisotopic (exact) mass is 1160 g/mol. The number of furan rings is 2. The smallest absolute Gasteiger partial charge is 0.159 e. The van der Waals surface area contributed by atoms with Gasteiger partial charge >= 0.3 is 0 Å². The highest BCUT2D eigenvalue weighted by molar-refractivity contribution is 6.25. The molecule has 4 nitrogen and oxygen atoms in total. The zero-order valence-corrected chi connectivity index (χ0v) is 50.1. The molecule has 4 heteroatoms. The fourth-order valence-electron chi connectivity index (χ4n) is 16.1. The molecule has 0 aliphatic heterocycles. The van der Waals surface area contributed by atoms with Crippen LogP contribution in [0.1, 0.15) is 33.4 Å². The number of fused-ring (bicyclic) bond motifs is 23. The van der Waals surface area contributed by atoms with E-state index in [0.717, 1.165) is 100 Å². The van der Waals surface area contributed by atoms with Crippen LogP contribution in [0.3, 0.4) is 0 Å². The largest absolute Gasteiger partial charge is 0.453 e. The van der Waals surface area contributed by atoms with Crippen molar-refractivity contribution in [1.82, 2.24) is 0 Å². The lowest BCUT2D eigenvalue weighted by Crippen LogP contribution is -2.26. The zero-order chi connectivity index (χ0) is 60.1. The Hall–Kier alpha value is -11.7. The van der Waals surface area contributed by atoms with Crippen molar-refractivity contribution in [2.75, 3.05) is 9.80 Å². The number of aryl methyl sites for hydroxylation is 2. The van der Waals surface area contributed by atoms with Crippen molar-refractivity contribution in [2.45, 2.75) is 19.3 Å². The van der Waals surface area contributed by atoms with E-state index in [2.05, 4.69) is 327 Å². The van der Waals surface area contributed by atoms with Crippen molar-refractivity contribution in [3.05, 3.63) is 337 Å². The summed E-state index contributed by atoms with van der Waals surface area (Å²) in [5, 5.41) is 11.5. The normalized spacial score (nSPS) is 12.8. The van der Waals surface area contributed by atoms with E-state index in [1.54, 1.807) is 0 Å². The molecule has 0 N–H and O–H groups in total. The second-order valence-corrected chi connectivity index (χ2v) is 24.6. The molecular weight excluding hydrogens is 1100 g/mol. The first-order chi connectivity index (χ1) is 45.0. The van der Waals surface area contributed by atoms with Crippen molar-refractivity contribution in [3.8, 4) is 44.5 Å². The van der Waals surface area contributed by atoms with Crippen LogP contribution in [0.2, 0.25) is 0 Å². The highest BCUT2D eigenvalue weighted by atomic mass is 16.3. The second-order valence-electron chi connectivity index (χ2n) is 24.6. The van der Waals surface area contributed by atoms with Gasteiger partial charge in [-0.1, -0.05) is 249 Å². The molecule has 2 aliphatic carbocycles. The second kappa shape index (κ2) is 19.6. The van der Waals surface area contributed by atoms with Crippen LogP contribution in [-0.4, -0.2) is 0 Å². The summed E-state index contributed by atoms with van der Waals surface area (Å²) in [5.74, 6) is 0. The Balaban J connectivity index is 0.898. The van der Waals surface area contributed by atoms with E-state index in [4.69, 9.17) is 8.83 Å². The maximum Gasteiger partial charge on any atom is 0.159 e. The molecule has 2 aromatic heterocycles. The van der Waals surface area contributed by atoms with Crippen LogP contribution < -0.4 is 9.80 Å². The summed E-state index contributed by atoms with van der Waals surface area (Å²) in [6.45, 7) is 4.36. The molecule has 426 valence electrons. The topological polar surface area (TPSA) is 32.8 Å². The van der Waals surface area contributed by atoms with Crippen molar-refractivity contribution in [3.63, 3.8) is 0 Å². The molecule has 1 spiro atoms. The summed E-state index contributed by atoms with van der Waals surface area (Å²) in [7, 11) is 0. The Morgan fingerprint density at radius 2 is 0.659 bits per heavy atom. The fourth-order valence-corrected chi connectivity index (χ4v) is 16.1. The first-order valence-electron chi connectivity index (χ1n) is 31.5. The van der Waals surface area contributed by atoms with E-state index in [1.165, 1.54) is 88.1 Å².